The van der Waals surface area contributed by atoms with Crippen LogP contribution in [0.25, 0.3) is 0 Å². The smallest absolute Gasteiger partial charge is 0.330 e. The Hall–Kier alpha value is -4.87. The molecule has 1 amide bonds. The third-order valence-corrected chi connectivity index (χ3v) is 13.1. The molecule has 1 aromatic heterocycles. The number of aromatic nitrogens is 2. The second-order valence-electron chi connectivity index (χ2n) is 15.5. The molecule has 14 nitrogen and oxygen atoms in total. The Morgan fingerprint density at radius 2 is 1.54 bits per heavy atom. The van der Waals surface area contributed by atoms with E-state index in [1.165, 1.54) is 17.7 Å². The number of aryl methyl sites for hydroxylation is 1. The van der Waals surface area contributed by atoms with E-state index in [0.717, 1.165) is 16.7 Å². The summed E-state index contributed by atoms with van der Waals surface area (Å²) in [6.45, 7) is 11.4. The molecule has 0 radical (unpaired) electrons. The fourth-order valence-electron chi connectivity index (χ4n) is 8.33. The van der Waals surface area contributed by atoms with Crippen molar-refractivity contribution in [2.24, 2.45) is 0 Å². The van der Waals surface area contributed by atoms with E-state index in [1.807, 2.05) is 78.9 Å². The van der Waals surface area contributed by atoms with Crippen LogP contribution in [0.4, 0.5) is 0 Å². The highest BCUT2D eigenvalue weighted by molar-refractivity contribution is 7.44. The number of nitriles is 1. The van der Waals surface area contributed by atoms with Gasteiger partial charge >= 0.3 is 5.69 Å². The quantitative estimate of drug-likeness (QED) is 0.0681. The summed E-state index contributed by atoms with van der Waals surface area (Å²) >= 11 is 0. The van der Waals surface area contributed by atoms with Gasteiger partial charge in [-0.25, -0.2) is 9.46 Å². The lowest BCUT2D eigenvalue weighted by Gasteiger charge is -2.42. The van der Waals surface area contributed by atoms with Gasteiger partial charge in [0, 0.05) is 43.6 Å². The Bertz CT molecular complexity index is 2150. The van der Waals surface area contributed by atoms with Crippen molar-refractivity contribution in [1.82, 2.24) is 19.5 Å². The van der Waals surface area contributed by atoms with Gasteiger partial charge in [-0.1, -0.05) is 54.6 Å². The van der Waals surface area contributed by atoms with Crippen LogP contribution >= 0.6 is 8.53 Å². The second kappa shape index (κ2) is 18.6. The molecule has 314 valence electrons. The molecule has 1 aliphatic heterocycles. The van der Waals surface area contributed by atoms with Gasteiger partial charge in [0.05, 0.1) is 39.4 Å². The summed E-state index contributed by atoms with van der Waals surface area (Å²) < 4.78 is 43.1. The van der Waals surface area contributed by atoms with E-state index in [2.05, 4.69) is 48.7 Å². The molecule has 4 aromatic rings. The maximum atomic E-state index is 13.5. The minimum atomic E-state index is -1.85. The Kier molecular flexibility index (Phi) is 13.8. The molecule has 1 saturated heterocycles. The van der Waals surface area contributed by atoms with Gasteiger partial charge in [-0.05, 0) is 75.6 Å². The van der Waals surface area contributed by atoms with E-state index in [9.17, 15) is 19.6 Å². The number of rotatable bonds is 17. The number of nitrogens with one attached hydrogen (secondary N) is 2. The Balaban J connectivity index is 1.59. The molecule has 3 aromatic carbocycles. The summed E-state index contributed by atoms with van der Waals surface area (Å²) in [5.74, 6) is 1.03. The molecule has 0 spiro atoms. The van der Waals surface area contributed by atoms with E-state index in [4.69, 9.17) is 28.0 Å². The van der Waals surface area contributed by atoms with E-state index >= 15 is 0 Å². The van der Waals surface area contributed by atoms with Gasteiger partial charge in [0.1, 0.15) is 41.1 Å². The zero-order valence-electron chi connectivity index (χ0n) is 34.8. The zero-order chi connectivity index (χ0) is 42.5. The number of H-pyrrole nitrogens is 1. The van der Waals surface area contributed by atoms with Crippen molar-refractivity contribution in [2.45, 2.75) is 109 Å². The number of carbonyl (C=O) groups is 1. The van der Waals surface area contributed by atoms with E-state index in [-0.39, 0.29) is 43.9 Å². The summed E-state index contributed by atoms with van der Waals surface area (Å²) in [7, 11) is 1.37. The van der Waals surface area contributed by atoms with Crippen LogP contribution in [0.3, 0.4) is 0 Å². The second-order valence-corrected chi connectivity index (χ2v) is 16.9. The molecule has 6 atom stereocenters. The molecule has 2 fully saturated rings. The lowest BCUT2D eigenvalue weighted by atomic mass is 9.79. The van der Waals surface area contributed by atoms with E-state index in [0.29, 0.717) is 17.1 Å². The number of nitrogens with zero attached hydrogens (tertiary/aromatic N) is 3. The molecule has 2 aliphatic rings. The van der Waals surface area contributed by atoms with Crippen molar-refractivity contribution >= 4 is 14.4 Å². The molecule has 0 bridgehead atoms. The minimum absolute atomic E-state index is 0.0175. The van der Waals surface area contributed by atoms with Gasteiger partial charge < -0.3 is 33.3 Å². The van der Waals surface area contributed by atoms with Gasteiger partial charge in [0.2, 0.25) is 5.91 Å². The van der Waals surface area contributed by atoms with Crippen molar-refractivity contribution < 1.29 is 32.8 Å². The van der Waals surface area contributed by atoms with Crippen LogP contribution < -0.4 is 26.0 Å². The van der Waals surface area contributed by atoms with Crippen LogP contribution in [0, 0.1) is 18.3 Å². The highest BCUT2D eigenvalue weighted by Gasteiger charge is 2.65. The van der Waals surface area contributed by atoms with Crippen molar-refractivity contribution in [3.63, 3.8) is 0 Å². The number of methoxy groups -OCH3 is 2. The van der Waals surface area contributed by atoms with Crippen molar-refractivity contribution in [1.29, 1.82) is 5.26 Å². The van der Waals surface area contributed by atoms with Gasteiger partial charge in [0.15, 0.2) is 0 Å². The number of amides is 1. The monoisotopic (exact) mass is 827 g/mol. The Labute approximate surface area is 346 Å². The molecular formula is C44H54N5O9P. The highest BCUT2D eigenvalue weighted by atomic mass is 31.2. The number of ether oxygens (including phenoxy) is 4. The number of hydrogen-bond acceptors (Lipinski definition) is 11. The number of aromatic amines is 1. The van der Waals surface area contributed by atoms with E-state index < -0.39 is 55.5 Å². The molecule has 1 aliphatic carbocycles. The molecule has 2 N–H and O–H groups in total. The topological polar surface area (TPSA) is 166 Å². The molecule has 15 heteroatoms. The SMILES string of the molecule is COc1ccc(C(O[C@H]2[C@H]3O[C@@H](n4cc(C)c(=O)[nH]c4=O)C[C@@]3(OP(OCCC#N)N(C(C)C)C(C)C)C[C@H]2NC(C)=O)(c2ccccc2)c2ccc(OC)cc2)cc1. The van der Waals surface area contributed by atoms with Crippen molar-refractivity contribution in [2.75, 3.05) is 20.8 Å². The van der Waals surface area contributed by atoms with Crippen LogP contribution in [-0.4, -0.2) is 76.9 Å². The third kappa shape index (κ3) is 9.01. The number of carbonyl (C=O) groups excluding carboxylic acids is 1. The lowest BCUT2D eigenvalue weighted by Crippen LogP contribution is -2.50. The fraction of sp³-hybridized carbons (Fsp3) is 0.455. The first-order valence-corrected chi connectivity index (χ1v) is 20.9. The number of benzene rings is 3. The first-order valence-electron chi connectivity index (χ1n) is 19.8. The normalized spacial score (nSPS) is 22.0. The molecule has 59 heavy (non-hydrogen) atoms. The highest BCUT2D eigenvalue weighted by Crippen LogP contribution is 2.60. The van der Waals surface area contributed by atoms with Crippen LogP contribution in [0.15, 0.2) is 94.6 Å². The average molecular weight is 828 g/mol. The Morgan fingerprint density at radius 3 is 2.07 bits per heavy atom. The van der Waals surface area contributed by atoms with Crippen LogP contribution in [0.1, 0.15) is 82.4 Å². The minimum Gasteiger partial charge on any atom is -0.497 e. The van der Waals surface area contributed by atoms with Crippen LogP contribution in [-0.2, 0) is 28.9 Å². The van der Waals surface area contributed by atoms with Crippen molar-refractivity contribution in [3.8, 4) is 17.6 Å². The van der Waals surface area contributed by atoms with Crippen molar-refractivity contribution in [3.05, 3.63) is 128 Å². The summed E-state index contributed by atoms with van der Waals surface area (Å²) in [4.78, 5) is 41.6. The van der Waals surface area contributed by atoms with Gasteiger partial charge in [-0.15, -0.1) is 0 Å². The average Bonchev–Trinajstić information content (AvgIpc) is 3.69. The van der Waals surface area contributed by atoms with E-state index in [1.54, 1.807) is 21.1 Å². The predicted octanol–water partition coefficient (Wildman–Crippen LogP) is 6.47. The molecule has 1 saturated carbocycles. The number of hydrogen-bond donors (Lipinski definition) is 2. The predicted molar refractivity (Wildman–Crippen MR) is 223 cm³/mol. The van der Waals surface area contributed by atoms with Gasteiger partial charge in [0.25, 0.3) is 14.1 Å². The van der Waals surface area contributed by atoms with Crippen LogP contribution in [0.5, 0.6) is 11.5 Å². The largest absolute Gasteiger partial charge is 0.497 e. The summed E-state index contributed by atoms with van der Waals surface area (Å²) in [5.41, 5.74) is -0.995. The maximum Gasteiger partial charge on any atom is 0.330 e. The molecule has 2 heterocycles. The molecule has 1 unspecified atom stereocenters. The first kappa shape index (κ1) is 43.7. The molecular weight excluding hydrogens is 773 g/mol. The summed E-state index contributed by atoms with van der Waals surface area (Å²) in [6.07, 6.45) is -0.710. The fourth-order valence-corrected chi connectivity index (χ4v) is 10.2. The third-order valence-electron chi connectivity index (χ3n) is 10.9. The van der Waals surface area contributed by atoms with Gasteiger partial charge in [-0.3, -0.25) is 19.1 Å². The zero-order valence-corrected chi connectivity index (χ0v) is 35.7. The molecule has 6 rings (SSSR count). The lowest BCUT2D eigenvalue weighted by molar-refractivity contribution is -0.144. The maximum absolute atomic E-state index is 13.5. The summed E-state index contributed by atoms with van der Waals surface area (Å²) in [5, 5.41) is 12.6. The van der Waals surface area contributed by atoms with Gasteiger partial charge in [-0.2, -0.15) is 5.26 Å². The standard InChI is InChI=1S/C44H54N5O9P/c1-28(2)49(29(3)4)59(55-24-12-23-45)58-43-25-37(46-31(6)50)39(40(43)56-38(26-43)48-27-30(5)41(51)47-42(48)52)57-44(32-13-10-9-11-14-32,33-15-19-35(53-7)20-16-33)34-17-21-36(54-8)22-18-34/h9-11,13-22,27-29,37-40H,12,24-26H2,1-8H3,(H,46,50)(H,47,51,52)/t37-,38-,39-,40-,43+,59?/m1/s1. The Morgan fingerprint density at radius 1 is 0.966 bits per heavy atom. The summed E-state index contributed by atoms with van der Waals surface area (Å²) in [6, 6.07) is 26.6. The first-order chi connectivity index (χ1) is 28.3. The number of fused-ring (bicyclic) bond motifs is 1. The van der Waals surface area contributed by atoms with Crippen LogP contribution in [0.2, 0.25) is 0 Å².